The van der Waals surface area contributed by atoms with Gasteiger partial charge in [-0.1, -0.05) is 0 Å². The zero-order chi connectivity index (χ0) is 18.1. The Bertz CT molecular complexity index is 518. The predicted molar refractivity (Wildman–Crippen MR) is 93.0 cm³/mol. The Balaban J connectivity index is 1.98. The molecule has 0 saturated carbocycles. The Morgan fingerprint density at radius 1 is 1.28 bits per heavy atom. The molecule has 0 atom stereocenters. The molecule has 2 heterocycles. The third-order valence-electron chi connectivity index (χ3n) is 4.23. The number of pyridine rings is 1. The maximum Gasteiger partial charge on any atom is 0.287 e. The van der Waals surface area contributed by atoms with Crippen molar-refractivity contribution in [1.82, 2.24) is 15.6 Å². The van der Waals surface area contributed by atoms with E-state index in [-0.39, 0.29) is 24.3 Å². The molecule has 1 aliphatic rings. The fourth-order valence-corrected chi connectivity index (χ4v) is 2.80. The van der Waals surface area contributed by atoms with Crippen LogP contribution < -0.4 is 15.4 Å². The first kappa shape index (κ1) is 20.0. The average Bonchev–Trinajstić information content (AvgIpc) is 2.58. The summed E-state index contributed by atoms with van der Waals surface area (Å²) in [5, 5.41) is 15.3. The summed E-state index contributed by atoms with van der Waals surface area (Å²) < 4.78 is 33.3. The zero-order valence-electron chi connectivity index (χ0n) is 14.9. The summed E-state index contributed by atoms with van der Waals surface area (Å²) in [5.74, 6) is -2.72. The highest BCUT2D eigenvalue weighted by Crippen LogP contribution is 2.28. The van der Waals surface area contributed by atoms with Crippen molar-refractivity contribution in [2.24, 2.45) is 0 Å². The number of nitrogens with one attached hydrogen (secondary N) is 2. The Morgan fingerprint density at radius 2 is 2.04 bits per heavy atom. The third-order valence-corrected chi connectivity index (χ3v) is 4.23. The van der Waals surface area contributed by atoms with Gasteiger partial charge in [-0.3, -0.25) is 0 Å². The number of piperidine rings is 1. The molecule has 1 fully saturated rings. The van der Waals surface area contributed by atoms with Crippen LogP contribution in [0.3, 0.4) is 0 Å². The summed E-state index contributed by atoms with van der Waals surface area (Å²) in [6, 6.07) is 3.19. The van der Waals surface area contributed by atoms with Crippen molar-refractivity contribution in [1.29, 1.82) is 0 Å². The van der Waals surface area contributed by atoms with Crippen LogP contribution in [0.2, 0.25) is 0 Å². The molecule has 0 radical (unpaired) electrons. The highest BCUT2D eigenvalue weighted by atomic mass is 19.3. The first-order valence-corrected chi connectivity index (χ1v) is 9.07. The summed E-state index contributed by atoms with van der Waals surface area (Å²) in [5.41, 5.74) is 0.494. The van der Waals surface area contributed by atoms with Crippen molar-refractivity contribution in [3.63, 3.8) is 0 Å². The minimum atomic E-state index is -3.00. The highest BCUT2D eigenvalue weighted by Gasteiger charge is 2.28. The predicted octanol–water partition coefficient (Wildman–Crippen LogP) is 2.58. The van der Waals surface area contributed by atoms with Crippen LogP contribution in [-0.4, -0.2) is 42.4 Å². The number of hydrogen-bond acceptors (Lipinski definition) is 5. The molecule has 1 aliphatic heterocycles. The van der Waals surface area contributed by atoms with Crippen LogP contribution in [0.4, 0.5) is 8.78 Å². The van der Waals surface area contributed by atoms with Crippen molar-refractivity contribution in [2.45, 2.75) is 57.6 Å². The standard InChI is InChI=1S/C18H29F2N3O2/c1-18(19,20)16-11-14(13-22-7-3-2-4-10-24)12-17(23-16)25-15-5-8-21-9-6-15/h11-12,15,21-22,24H,2-10,13H2,1H3. The second kappa shape index (κ2) is 9.99. The van der Waals surface area contributed by atoms with E-state index in [1.54, 1.807) is 6.07 Å². The van der Waals surface area contributed by atoms with Gasteiger partial charge in [-0.25, -0.2) is 4.98 Å². The van der Waals surface area contributed by atoms with Gasteiger partial charge in [0.2, 0.25) is 5.88 Å². The summed E-state index contributed by atoms with van der Waals surface area (Å²) in [6.07, 6.45) is 4.41. The summed E-state index contributed by atoms with van der Waals surface area (Å²) in [6.45, 7) is 4.08. The van der Waals surface area contributed by atoms with E-state index in [0.717, 1.165) is 64.2 Å². The molecular weight excluding hydrogens is 328 g/mol. The average molecular weight is 357 g/mol. The van der Waals surface area contributed by atoms with Crippen LogP contribution in [-0.2, 0) is 12.5 Å². The lowest BCUT2D eigenvalue weighted by Crippen LogP contribution is -2.34. The van der Waals surface area contributed by atoms with Gasteiger partial charge >= 0.3 is 0 Å². The van der Waals surface area contributed by atoms with Gasteiger partial charge in [0.25, 0.3) is 5.92 Å². The number of unbranched alkanes of at least 4 members (excludes halogenated alkanes) is 2. The minimum absolute atomic E-state index is 0.0220. The number of aromatic nitrogens is 1. The van der Waals surface area contributed by atoms with Gasteiger partial charge in [0.1, 0.15) is 11.8 Å². The molecule has 0 aliphatic carbocycles. The molecule has 0 spiro atoms. The van der Waals surface area contributed by atoms with Crippen molar-refractivity contribution in [2.75, 3.05) is 26.2 Å². The molecule has 142 valence electrons. The lowest BCUT2D eigenvalue weighted by Gasteiger charge is -2.24. The van der Waals surface area contributed by atoms with E-state index in [1.165, 1.54) is 6.07 Å². The van der Waals surface area contributed by atoms with Gasteiger partial charge in [-0.15, -0.1) is 0 Å². The molecule has 7 heteroatoms. The van der Waals surface area contributed by atoms with Crippen molar-refractivity contribution >= 4 is 0 Å². The van der Waals surface area contributed by atoms with E-state index in [9.17, 15) is 8.78 Å². The lowest BCUT2D eigenvalue weighted by atomic mass is 10.1. The molecule has 25 heavy (non-hydrogen) atoms. The number of halogens is 2. The molecule has 1 aromatic heterocycles. The number of aliphatic hydroxyl groups is 1. The second-order valence-corrected chi connectivity index (χ2v) is 6.62. The molecule has 1 saturated heterocycles. The van der Waals surface area contributed by atoms with Gasteiger partial charge in [0.15, 0.2) is 0 Å². The van der Waals surface area contributed by atoms with Crippen LogP contribution in [0.25, 0.3) is 0 Å². The van der Waals surface area contributed by atoms with Gasteiger partial charge in [-0.2, -0.15) is 8.78 Å². The van der Waals surface area contributed by atoms with Crippen molar-refractivity contribution in [3.8, 4) is 5.88 Å². The molecule has 0 amide bonds. The van der Waals surface area contributed by atoms with E-state index in [0.29, 0.717) is 6.54 Å². The Hall–Kier alpha value is -1.31. The Morgan fingerprint density at radius 3 is 2.72 bits per heavy atom. The lowest BCUT2D eigenvalue weighted by molar-refractivity contribution is 0.0115. The fraction of sp³-hybridized carbons (Fsp3) is 0.722. The molecular formula is C18H29F2N3O2. The van der Waals surface area contributed by atoms with Crippen LogP contribution in [0.15, 0.2) is 12.1 Å². The number of rotatable bonds is 10. The summed E-state index contributed by atoms with van der Waals surface area (Å²) >= 11 is 0. The minimum Gasteiger partial charge on any atom is -0.474 e. The van der Waals surface area contributed by atoms with Gasteiger partial charge < -0.3 is 20.5 Å². The third kappa shape index (κ3) is 7.22. The topological polar surface area (TPSA) is 66.4 Å². The van der Waals surface area contributed by atoms with Gasteiger partial charge in [-0.05, 0) is 63.4 Å². The molecule has 0 unspecified atom stereocenters. The SMILES string of the molecule is CC(F)(F)c1cc(CNCCCCCO)cc(OC2CCNCC2)n1. The molecule has 2 rings (SSSR count). The highest BCUT2D eigenvalue weighted by molar-refractivity contribution is 5.27. The van der Waals surface area contributed by atoms with Crippen molar-refractivity contribution < 1.29 is 18.6 Å². The quantitative estimate of drug-likeness (QED) is 0.562. The fourth-order valence-electron chi connectivity index (χ4n) is 2.80. The Labute approximate surface area is 148 Å². The monoisotopic (exact) mass is 357 g/mol. The van der Waals surface area contributed by atoms with Crippen molar-refractivity contribution in [3.05, 3.63) is 23.4 Å². The van der Waals surface area contributed by atoms with E-state index >= 15 is 0 Å². The van der Waals surface area contributed by atoms with Gasteiger partial charge in [0.05, 0.1) is 0 Å². The van der Waals surface area contributed by atoms with Crippen LogP contribution >= 0.6 is 0 Å². The smallest absolute Gasteiger partial charge is 0.287 e. The van der Waals surface area contributed by atoms with Crippen LogP contribution in [0.1, 0.15) is 50.3 Å². The molecule has 5 nitrogen and oxygen atoms in total. The Kier molecular flexibility index (Phi) is 7.99. The normalized spacial score (nSPS) is 16.2. The number of alkyl halides is 2. The number of hydrogen-bond donors (Lipinski definition) is 3. The van der Waals surface area contributed by atoms with Gasteiger partial charge in [0, 0.05) is 26.1 Å². The zero-order valence-corrected chi connectivity index (χ0v) is 14.9. The van der Waals surface area contributed by atoms with E-state index in [2.05, 4.69) is 15.6 Å². The van der Waals surface area contributed by atoms with Crippen LogP contribution in [0, 0.1) is 0 Å². The largest absolute Gasteiger partial charge is 0.474 e. The van der Waals surface area contributed by atoms with E-state index < -0.39 is 5.92 Å². The molecule has 0 bridgehead atoms. The van der Waals surface area contributed by atoms with E-state index in [1.807, 2.05) is 0 Å². The number of ether oxygens (including phenoxy) is 1. The first-order valence-electron chi connectivity index (χ1n) is 9.07. The first-order chi connectivity index (χ1) is 12.0. The molecule has 0 aromatic carbocycles. The molecule has 3 N–H and O–H groups in total. The maximum atomic E-state index is 13.7. The summed E-state index contributed by atoms with van der Waals surface area (Å²) in [4.78, 5) is 4.02. The van der Waals surface area contributed by atoms with E-state index in [4.69, 9.17) is 9.84 Å². The number of nitrogens with zero attached hydrogens (tertiary/aromatic N) is 1. The second-order valence-electron chi connectivity index (χ2n) is 6.62. The maximum absolute atomic E-state index is 13.7. The van der Waals surface area contributed by atoms with Crippen LogP contribution in [0.5, 0.6) is 5.88 Å². The molecule has 1 aromatic rings. The summed E-state index contributed by atoms with van der Waals surface area (Å²) in [7, 11) is 0. The number of aliphatic hydroxyl groups excluding tert-OH is 1.